The monoisotopic (exact) mass is 293 g/mol. The zero-order chi connectivity index (χ0) is 11.2. The van der Waals surface area contributed by atoms with Crippen molar-refractivity contribution in [2.45, 2.75) is 16.5 Å². The van der Waals surface area contributed by atoms with E-state index in [0.717, 1.165) is 43.3 Å². The first-order valence-electron chi connectivity index (χ1n) is 6.59. The smallest absolute Gasteiger partial charge is 0.187 e. The van der Waals surface area contributed by atoms with Crippen LogP contribution in [0, 0.1) is 52.3 Å². The molecule has 2 bridgehead atoms. The predicted octanol–water partition coefficient (Wildman–Crippen LogP) is 1.53. The molecule has 6 saturated carbocycles. The predicted molar refractivity (Wildman–Crippen MR) is 59.9 cm³/mol. The standard InChI is InChI=1S/C13H12BrNO2/c14-12-7-5-6(7)11(1-2-15)9(10(11)12)8(5)13(12)16-3-4-17-13/h5-10H,1,3-4H2/t5-,6+,7+,8-,9+,10-,11-,12-/m0/s1. The van der Waals surface area contributed by atoms with E-state index < -0.39 is 0 Å². The number of hydrogen-bond acceptors (Lipinski definition) is 3. The van der Waals surface area contributed by atoms with E-state index in [2.05, 4.69) is 22.0 Å². The lowest BCUT2D eigenvalue weighted by Crippen LogP contribution is -2.50. The van der Waals surface area contributed by atoms with Gasteiger partial charge in [0, 0.05) is 12.3 Å². The molecule has 0 aromatic heterocycles. The van der Waals surface area contributed by atoms with Crippen molar-refractivity contribution in [2.75, 3.05) is 13.2 Å². The van der Waals surface area contributed by atoms with Gasteiger partial charge in [0.05, 0.1) is 23.6 Å². The van der Waals surface area contributed by atoms with Gasteiger partial charge in [0.15, 0.2) is 5.79 Å². The number of halogens is 1. The van der Waals surface area contributed by atoms with Crippen molar-refractivity contribution in [3.05, 3.63) is 0 Å². The van der Waals surface area contributed by atoms with Crippen LogP contribution in [0.1, 0.15) is 6.42 Å². The Kier molecular flexibility index (Phi) is 1.05. The van der Waals surface area contributed by atoms with Crippen LogP contribution in [0.3, 0.4) is 0 Å². The Balaban J connectivity index is 1.59. The summed E-state index contributed by atoms with van der Waals surface area (Å²) in [5, 5.41) is 9.11. The summed E-state index contributed by atoms with van der Waals surface area (Å²) in [4.78, 5) is 0. The fraction of sp³-hybridized carbons (Fsp3) is 0.923. The molecule has 3 nitrogen and oxygen atoms in total. The van der Waals surface area contributed by atoms with Gasteiger partial charge in [0.25, 0.3) is 0 Å². The van der Waals surface area contributed by atoms with E-state index in [1.165, 1.54) is 0 Å². The number of nitrogens with zero attached hydrogens (tertiary/aromatic N) is 1. The van der Waals surface area contributed by atoms with Crippen LogP contribution in [-0.2, 0) is 9.47 Å². The third kappa shape index (κ3) is 0.505. The third-order valence-electron chi connectivity index (χ3n) is 6.96. The lowest BCUT2D eigenvalue weighted by atomic mass is 9.92. The zero-order valence-corrected chi connectivity index (χ0v) is 10.8. The van der Waals surface area contributed by atoms with Crippen LogP contribution in [0.2, 0.25) is 0 Å². The van der Waals surface area contributed by atoms with Gasteiger partial charge in [-0.1, -0.05) is 15.9 Å². The Morgan fingerprint density at radius 2 is 1.94 bits per heavy atom. The molecule has 7 aliphatic rings. The van der Waals surface area contributed by atoms with Gasteiger partial charge in [-0.25, -0.2) is 0 Å². The minimum atomic E-state index is -0.302. The second-order valence-corrected chi connectivity index (χ2v) is 8.05. The summed E-state index contributed by atoms with van der Waals surface area (Å²) >= 11 is 4.05. The Morgan fingerprint density at radius 1 is 1.18 bits per heavy atom. The second-order valence-electron chi connectivity index (χ2n) is 6.74. The van der Waals surface area contributed by atoms with Gasteiger partial charge in [-0.3, -0.25) is 0 Å². The van der Waals surface area contributed by atoms with Crippen molar-refractivity contribution in [1.29, 1.82) is 5.26 Å². The van der Waals surface area contributed by atoms with Crippen molar-refractivity contribution < 1.29 is 9.47 Å². The maximum absolute atomic E-state index is 9.11. The SMILES string of the molecule is N#CC[C@]12[C@@H]3[C@@H]4[C@H]5[C@@H]1[C@@H]2[C@@](Br)([C@H]43)C51OCCO1. The maximum Gasteiger partial charge on any atom is 0.187 e. The summed E-state index contributed by atoms with van der Waals surface area (Å²) in [6, 6.07) is 2.44. The second kappa shape index (κ2) is 2.01. The van der Waals surface area contributed by atoms with Crippen molar-refractivity contribution in [1.82, 2.24) is 0 Å². The molecule has 1 aliphatic heterocycles. The van der Waals surface area contributed by atoms with E-state index in [-0.39, 0.29) is 10.1 Å². The molecule has 0 aromatic carbocycles. The molecule has 1 spiro atoms. The number of nitriles is 1. The normalized spacial score (nSPS) is 73.2. The van der Waals surface area contributed by atoms with Crippen LogP contribution in [0.4, 0.5) is 0 Å². The van der Waals surface area contributed by atoms with Gasteiger partial charge < -0.3 is 9.47 Å². The Labute approximate surface area is 108 Å². The van der Waals surface area contributed by atoms with E-state index in [4.69, 9.17) is 14.7 Å². The van der Waals surface area contributed by atoms with E-state index in [9.17, 15) is 0 Å². The first-order valence-corrected chi connectivity index (χ1v) is 7.38. The molecule has 0 amide bonds. The fourth-order valence-corrected chi connectivity index (χ4v) is 8.89. The van der Waals surface area contributed by atoms with Gasteiger partial charge in [-0.05, 0) is 35.0 Å². The number of ether oxygens (including phenoxy) is 2. The van der Waals surface area contributed by atoms with E-state index in [0.29, 0.717) is 17.3 Å². The molecular formula is C13H12BrNO2. The van der Waals surface area contributed by atoms with Crippen LogP contribution < -0.4 is 0 Å². The molecule has 6 aliphatic carbocycles. The average Bonchev–Trinajstić information content (AvgIpc) is 2.99. The summed E-state index contributed by atoms with van der Waals surface area (Å²) in [5.41, 5.74) is 0.374. The first kappa shape index (κ1) is 8.90. The average molecular weight is 294 g/mol. The Morgan fingerprint density at radius 3 is 2.47 bits per heavy atom. The molecule has 0 radical (unpaired) electrons. The molecule has 8 atom stereocenters. The molecule has 7 fully saturated rings. The topological polar surface area (TPSA) is 42.2 Å². The van der Waals surface area contributed by atoms with Crippen LogP contribution in [0.15, 0.2) is 0 Å². The molecule has 1 heterocycles. The van der Waals surface area contributed by atoms with Gasteiger partial charge in [0.2, 0.25) is 0 Å². The van der Waals surface area contributed by atoms with E-state index >= 15 is 0 Å². The van der Waals surface area contributed by atoms with Crippen molar-refractivity contribution in [2.24, 2.45) is 40.9 Å². The minimum absolute atomic E-state index is 0.0675. The van der Waals surface area contributed by atoms with Gasteiger partial charge in [-0.15, -0.1) is 0 Å². The van der Waals surface area contributed by atoms with Crippen LogP contribution >= 0.6 is 15.9 Å². The maximum atomic E-state index is 9.11. The highest BCUT2D eigenvalue weighted by molar-refractivity contribution is 9.10. The van der Waals surface area contributed by atoms with E-state index in [1.54, 1.807) is 0 Å². The molecule has 17 heavy (non-hydrogen) atoms. The molecule has 0 unspecified atom stereocenters. The van der Waals surface area contributed by atoms with Crippen molar-refractivity contribution in [3.8, 4) is 6.07 Å². The minimum Gasteiger partial charge on any atom is -0.346 e. The first-order chi connectivity index (χ1) is 8.25. The largest absolute Gasteiger partial charge is 0.346 e. The van der Waals surface area contributed by atoms with Crippen LogP contribution in [0.5, 0.6) is 0 Å². The Hall–Kier alpha value is -0.110. The van der Waals surface area contributed by atoms with Crippen molar-refractivity contribution >= 4 is 15.9 Å². The molecule has 4 heteroatoms. The van der Waals surface area contributed by atoms with Gasteiger partial charge >= 0.3 is 0 Å². The van der Waals surface area contributed by atoms with Crippen molar-refractivity contribution in [3.63, 3.8) is 0 Å². The zero-order valence-electron chi connectivity index (χ0n) is 9.23. The number of hydrogen-bond donors (Lipinski definition) is 0. The lowest BCUT2D eigenvalue weighted by Gasteiger charge is -2.37. The molecular weight excluding hydrogens is 282 g/mol. The fourth-order valence-electron chi connectivity index (χ4n) is 7.09. The quantitative estimate of drug-likeness (QED) is 0.689. The van der Waals surface area contributed by atoms with Gasteiger partial charge in [-0.2, -0.15) is 5.26 Å². The number of alkyl halides is 1. The summed E-state index contributed by atoms with van der Waals surface area (Å²) in [7, 11) is 0. The highest BCUT2D eigenvalue weighted by Crippen LogP contribution is 3.05. The van der Waals surface area contributed by atoms with Crippen LogP contribution in [-0.4, -0.2) is 23.3 Å². The highest BCUT2D eigenvalue weighted by Gasteiger charge is 3.08. The molecule has 7 rings (SSSR count). The Bertz CT molecular complexity index is 524. The summed E-state index contributed by atoms with van der Waals surface area (Å²) in [5.74, 6) is 4.05. The van der Waals surface area contributed by atoms with Crippen LogP contribution in [0.25, 0.3) is 0 Å². The van der Waals surface area contributed by atoms with E-state index in [1.807, 2.05) is 0 Å². The molecule has 88 valence electrons. The molecule has 1 saturated heterocycles. The summed E-state index contributed by atoms with van der Waals surface area (Å²) < 4.78 is 12.2. The molecule has 0 aromatic rings. The highest BCUT2D eigenvalue weighted by atomic mass is 79.9. The summed E-state index contributed by atoms with van der Waals surface area (Å²) in [6.07, 6.45) is 0.764. The third-order valence-corrected chi connectivity index (χ3v) is 8.53. The summed E-state index contributed by atoms with van der Waals surface area (Å²) in [6.45, 7) is 1.50. The van der Waals surface area contributed by atoms with Gasteiger partial charge in [0.1, 0.15) is 0 Å². The molecule has 0 N–H and O–H groups in total. The lowest BCUT2D eigenvalue weighted by molar-refractivity contribution is -0.192. The number of rotatable bonds is 1.